The van der Waals surface area contributed by atoms with E-state index in [9.17, 15) is 19.8 Å². The van der Waals surface area contributed by atoms with Gasteiger partial charge in [-0.1, -0.05) is 196 Å². The van der Waals surface area contributed by atoms with Crippen molar-refractivity contribution >= 4 is 11.9 Å². The second kappa shape index (κ2) is 47.4. The smallest absolute Gasteiger partial charge is 0.306 e. The summed E-state index contributed by atoms with van der Waals surface area (Å²) in [4.78, 5) is 26.1. The van der Waals surface area contributed by atoms with Gasteiger partial charge in [-0.25, -0.2) is 0 Å². The number of ether oxygens (including phenoxy) is 1. The van der Waals surface area contributed by atoms with Gasteiger partial charge in [0.05, 0.1) is 25.2 Å². The number of carbonyl (C=O) groups is 2. The number of aliphatic hydroxyl groups excluding tert-OH is 2. The fourth-order valence-corrected chi connectivity index (χ4v) is 7.21. The van der Waals surface area contributed by atoms with Crippen LogP contribution in [0, 0.1) is 0 Å². The molecule has 346 valence electrons. The Kier molecular flexibility index (Phi) is 45.2. The molecule has 0 spiro atoms. The van der Waals surface area contributed by atoms with Crippen molar-refractivity contribution in [2.75, 3.05) is 6.61 Å². The first-order chi connectivity index (χ1) is 29.5. The molecule has 1 amide bonds. The van der Waals surface area contributed by atoms with E-state index in [1.54, 1.807) is 0 Å². The molecule has 0 aromatic heterocycles. The van der Waals surface area contributed by atoms with Crippen LogP contribution in [0.15, 0.2) is 72.9 Å². The minimum atomic E-state index is -0.801. The van der Waals surface area contributed by atoms with Gasteiger partial charge in [-0.3, -0.25) is 9.59 Å². The SMILES string of the molecule is CC/C=C/C/C=C/C/C=C/CCCCC(CC(=O)NC(CO)C(O)CCCCCCCCCCCC)OC(=O)CCCCCCCC/C=C\C/C=C\C/C=C\CCCCC. The first-order valence-corrected chi connectivity index (χ1v) is 25.2. The molecule has 0 radical (unpaired) electrons. The topological polar surface area (TPSA) is 95.9 Å². The van der Waals surface area contributed by atoms with Crippen LogP contribution in [0.1, 0.15) is 233 Å². The first kappa shape index (κ1) is 57.3. The van der Waals surface area contributed by atoms with Crippen LogP contribution in [0.4, 0.5) is 0 Å². The summed E-state index contributed by atoms with van der Waals surface area (Å²) in [5.74, 6) is -0.531. The van der Waals surface area contributed by atoms with Gasteiger partial charge in [-0.2, -0.15) is 0 Å². The molecule has 0 bridgehead atoms. The molecule has 0 aliphatic carbocycles. The van der Waals surface area contributed by atoms with Crippen molar-refractivity contribution in [3.63, 3.8) is 0 Å². The summed E-state index contributed by atoms with van der Waals surface area (Å²) in [6, 6.07) is -0.718. The van der Waals surface area contributed by atoms with E-state index in [-0.39, 0.29) is 24.9 Å². The second-order valence-electron chi connectivity index (χ2n) is 16.8. The number of unbranched alkanes of at least 4 members (excludes halogenated alkanes) is 20. The number of nitrogens with one attached hydrogen (secondary N) is 1. The summed E-state index contributed by atoms with van der Waals surface area (Å²) in [7, 11) is 0. The molecule has 3 atom stereocenters. The van der Waals surface area contributed by atoms with Crippen LogP contribution < -0.4 is 5.32 Å². The predicted molar refractivity (Wildman–Crippen MR) is 259 cm³/mol. The third kappa shape index (κ3) is 42.0. The summed E-state index contributed by atoms with van der Waals surface area (Å²) in [5, 5.41) is 23.7. The van der Waals surface area contributed by atoms with Crippen molar-refractivity contribution in [3.8, 4) is 0 Å². The summed E-state index contributed by atoms with van der Waals surface area (Å²) in [6.45, 7) is 6.31. The minimum Gasteiger partial charge on any atom is -0.462 e. The van der Waals surface area contributed by atoms with E-state index in [1.165, 1.54) is 89.9 Å². The molecule has 0 aliphatic heterocycles. The standard InChI is InChI=1S/C54H95NO5/c1-4-7-10-13-16-19-22-24-25-26-27-28-29-30-32-35-38-41-44-47-54(59)60-50(45-42-39-36-33-31-23-20-17-14-11-8-5-2)48-53(58)55-51(49-56)52(57)46-43-40-37-34-21-18-15-12-9-6-3/h8,11,16-17,19-20,24-25,27-28,31,33,50-52,56-57H,4-7,9-10,12-15,18,21-23,26,29-30,32,34-49H2,1-3H3,(H,55,58)/b11-8+,19-16-,20-17+,25-24-,28-27-,33-31+. The molecule has 0 heterocycles. The maximum absolute atomic E-state index is 13.2. The fraction of sp³-hybridized carbons (Fsp3) is 0.741. The lowest BCUT2D eigenvalue weighted by Crippen LogP contribution is -2.46. The number of aliphatic hydroxyl groups is 2. The van der Waals surface area contributed by atoms with E-state index >= 15 is 0 Å². The fourth-order valence-electron chi connectivity index (χ4n) is 7.21. The summed E-state index contributed by atoms with van der Waals surface area (Å²) >= 11 is 0. The van der Waals surface area contributed by atoms with E-state index in [0.717, 1.165) is 96.3 Å². The van der Waals surface area contributed by atoms with E-state index in [1.807, 2.05) is 0 Å². The van der Waals surface area contributed by atoms with Crippen LogP contribution in [0.3, 0.4) is 0 Å². The van der Waals surface area contributed by atoms with Gasteiger partial charge in [0, 0.05) is 6.42 Å². The molecule has 3 N–H and O–H groups in total. The van der Waals surface area contributed by atoms with Gasteiger partial charge in [0.1, 0.15) is 6.10 Å². The molecule has 3 unspecified atom stereocenters. The van der Waals surface area contributed by atoms with Gasteiger partial charge in [-0.15, -0.1) is 0 Å². The van der Waals surface area contributed by atoms with Crippen molar-refractivity contribution in [2.45, 2.75) is 251 Å². The lowest BCUT2D eigenvalue weighted by molar-refractivity contribution is -0.151. The van der Waals surface area contributed by atoms with Crippen LogP contribution in [0.25, 0.3) is 0 Å². The zero-order chi connectivity index (χ0) is 43.8. The van der Waals surface area contributed by atoms with Gasteiger partial charge in [0.25, 0.3) is 0 Å². The zero-order valence-electron chi connectivity index (χ0n) is 39.3. The number of rotatable bonds is 44. The quantitative estimate of drug-likeness (QED) is 0.0323. The van der Waals surface area contributed by atoms with E-state index in [4.69, 9.17) is 4.74 Å². The molecule has 0 aromatic rings. The molecular formula is C54H95NO5. The summed E-state index contributed by atoms with van der Waals surface area (Å²) < 4.78 is 5.90. The molecule has 0 aliphatic rings. The zero-order valence-corrected chi connectivity index (χ0v) is 39.3. The van der Waals surface area contributed by atoms with Crippen molar-refractivity contribution < 1.29 is 24.5 Å². The highest BCUT2D eigenvalue weighted by atomic mass is 16.5. The van der Waals surface area contributed by atoms with E-state index in [0.29, 0.717) is 19.3 Å². The summed E-state index contributed by atoms with van der Waals surface area (Å²) in [5.41, 5.74) is 0. The third-order valence-corrected chi connectivity index (χ3v) is 11.0. The minimum absolute atomic E-state index is 0.0433. The lowest BCUT2D eigenvalue weighted by Gasteiger charge is -2.24. The molecule has 60 heavy (non-hydrogen) atoms. The summed E-state index contributed by atoms with van der Waals surface area (Å²) in [6.07, 6.45) is 59.6. The predicted octanol–water partition coefficient (Wildman–Crippen LogP) is 15.0. The number of hydrogen-bond acceptors (Lipinski definition) is 5. The van der Waals surface area contributed by atoms with Gasteiger partial charge in [0.15, 0.2) is 0 Å². The number of hydrogen-bond donors (Lipinski definition) is 3. The average Bonchev–Trinajstić information content (AvgIpc) is 3.24. The number of amides is 1. The largest absolute Gasteiger partial charge is 0.462 e. The van der Waals surface area contributed by atoms with Gasteiger partial charge in [0.2, 0.25) is 5.91 Å². The van der Waals surface area contributed by atoms with Crippen LogP contribution in [-0.2, 0) is 14.3 Å². The van der Waals surface area contributed by atoms with Crippen LogP contribution in [0.2, 0.25) is 0 Å². The molecule has 0 fully saturated rings. The maximum Gasteiger partial charge on any atom is 0.306 e. The molecule has 0 rings (SSSR count). The van der Waals surface area contributed by atoms with Crippen molar-refractivity contribution in [3.05, 3.63) is 72.9 Å². The highest BCUT2D eigenvalue weighted by Gasteiger charge is 2.24. The Morgan fingerprint density at radius 2 is 0.900 bits per heavy atom. The number of allylic oxidation sites excluding steroid dienone is 12. The number of esters is 1. The molecular weight excluding hydrogens is 743 g/mol. The second-order valence-corrected chi connectivity index (χ2v) is 16.8. The number of carbonyl (C=O) groups excluding carboxylic acids is 2. The Morgan fingerprint density at radius 1 is 0.500 bits per heavy atom. The van der Waals surface area contributed by atoms with Crippen LogP contribution >= 0.6 is 0 Å². The molecule has 6 nitrogen and oxygen atoms in total. The Labute approximate surface area is 371 Å². The Balaban J connectivity index is 4.60. The van der Waals surface area contributed by atoms with Crippen molar-refractivity contribution in [1.82, 2.24) is 5.32 Å². The monoisotopic (exact) mass is 838 g/mol. The Bertz CT molecular complexity index is 1120. The average molecular weight is 838 g/mol. The van der Waals surface area contributed by atoms with Crippen molar-refractivity contribution in [2.24, 2.45) is 0 Å². The highest BCUT2D eigenvalue weighted by Crippen LogP contribution is 2.17. The lowest BCUT2D eigenvalue weighted by atomic mass is 10.0. The third-order valence-electron chi connectivity index (χ3n) is 11.0. The van der Waals surface area contributed by atoms with Gasteiger partial charge in [-0.05, 0) is 96.3 Å². The van der Waals surface area contributed by atoms with Crippen LogP contribution in [0.5, 0.6) is 0 Å². The molecule has 0 aromatic carbocycles. The Morgan fingerprint density at radius 3 is 1.42 bits per heavy atom. The molecule has 6 heteroatoms. The van der Waals surface area contributed by atoms with E-state index < -0.39 is 18.2 Å². The van der Waals surface area contributed by atoms with Gasteiger partial charge >= 0.3 is 5.97 Å². The van der Waals surface area contributed by atoms with Gasteiger partial charge < -0.3 is 20.3 Å². The normalized spacial score (nSPS) is 13.9. The highest BCUT2D eigenvalue weighted by molar-refractivity contribution is 5.77. The Hall–Kier alpha value is -2.70. The molecule has 0 saturated heterocycles. The van der Waals surface area contributed by atoms with Crippen molar-refractivity contribution in [1.29, 1.82) is 0 Å². The molecule has 0 saturated carbocycles. The first-order valence-electron chi connectivity index (χ1n) is 25.2. The maximum atomic E-state index is 13.2. The van der Waals surface area contributed by atoms with Crippen LogP contribution in [-0.4, -0.2) is 46.9 Å². The van der Waals surface area contributed by atoms with E-state index in [2.05, 4.69) is 99.0 Å².